The molecule has 67 heavy (non-hydrogen) atoms. The Morgan fingerprint density at radius 3 is 0.836 bits per heavy atom. The van der Waals surface area contributed by atoms with E-state index in [9.17, 15) is 0 Å². The van der Waals surface area contributed by atoms with Gasteiger partial charge in [-0.05, 0) is 116 Å². The summed E-state index contributed by atoms with van der Waals surface area (Å²) in [5, 5.41) is 2.50. The van der Waals surface area contributed by atoms with Gasteiger partial charge in [0, 0.05) is 33.2 Å². The Morgan fingerprint density at radius 2 is 0.463 bits per heavy atom. The summed E-state index contributed by atoms with van der Waals surface area (Å²) in [5.74, 6) is 1.91. The number of hydrogen-bond donors (Lipinski definition) is 0. The second-order valence-corrected chi connectivity index (χ2v) is 16.9. The molecule has 0 unspecified atom stereocenters. The summed E-state index contributed by atoms with van der Waals surface area (Å²) in [6, 6.07) is 90.5. The van der Waals surface area contributed by atoms with Gasteiger partial charge in [-0.15, -0.1) is 0 Å². The van der Waals surface area contributed by atoms with Crippen LogP contribution in [0.2, 0.25) is 0 Å². The molecule has 0 bridgehead atoms. The van der Waals surface area contributed by atoms with Crippen LogP contribution in [-0.2, 0) is 0 Å². The van der Waals surface area contributed by atoms with Crippen molar-refractivity contribution in [2.24, 2.45) is 0 Å². The number of para-hydroxylation sites is 2. The summed E-state index contributed by atoms with van der Waals surface area (Å²) in [4.78, 5) is 14.9. The standard InChI is InChI=1S/C63H42N4/c1-5-17-43(18-6-1)50-37-51(44-19-7-2-8-20-44)40-54(39-50)55-41-52(38-53(42-55)46-33-35-56(36-34-46)67-59-27-15-13-25-57(59)58-26-14-16-28-60(58)67)45-29-31-49(32-30-45)63-65-61(47-21-9-3-10-22-47)64-62(66-63)48-23-11-4-12-24-48/h1-42H. The zero-order valence-corrected chi connectivity index (χ0v) is 36.5. The van der Waals surface area contributed by atoms with Crippen LogP contribution >= 0.6 is 0 Å². The Kier molecular flexibility index (Phi) is 10.2. The Morgan fingerprint density at radius 1 is 0.209 bits per heavy atom. The van der Waals surface area contributed by atoms with Gasteiger partial charge in [0.2, 0.25) is 0 Å². The van der Waals surface area contributed by atoms with Crippen molar-refractivity contribution in [3.63, 3.8) is 0 Å². The monoisotopic (exact) mass is 854 g/mol. The highest BCUT2D eigenvalue weighted by molar-refractivity contribution is 6.09. The molecule has 314 valence electrons. The third-order valence-corrected chi connectivity index (χ3v) is 12.6. The van der Waals surface area contributed by atoms with E-state index in [0.29, 0.717) is 17.5 Å². The molecule has 12 aromatic rings. The highest BCUT2D eigenvalue weighted by Crippen LogP contribution is 2.39. The summed E-state index contributed by atoms with van der Waals surface area (Å²) in [5.41, 5.74) is 17.8. The molecular weight excluding hydrogens is 813 g/mol. The third-order valence-electron chi connectivity index (χ3n) is 12.6. The SMILES string of the molecule is c1ccc(-c2cc(-c3ccccc3)cc(-c3cc(-c4ccc(-c5nc(-c6ccccc6)nc(-c6ccccc6)n5)cc4)cc(-c4ccc(-n5c6ccccc6c6ccccc65)cc4)c3)c2)cc1. The molecular formula is C63H42N4. The minimum Gasteiger partial charge on any atom is -0.309 e. The van der Waals surface area contributed by atoms with Gasteiger partial charge in [0.25, 0.3) is 0 Å². The van der Waals surface area contributed by atoms with Gasteiger partial charge in [0.05, 0.1) is 11.0 Å². The molecule has 0 radical (unpaired) electrons. The summed E-state index contributed by atoms with van der Waals surface area (Å²) in [6.45, 7) is 0. The fourth-order valence-electron chi connectivity index (χ4n) is 9.27. The van der Waals surface area contributed by atoms with Gasteiger partial charge in [-0.3, -0.25) is 0 Å². The number of aromatic nitrogens is 4. The van der Waals surface area contributed by atoms with Crippen LogP contribution < -0.4 is 0 Å². The average molecular weight is 855 g/mol. The first-order chi connectivity index (χ1) is 33.2. The van der Waals surface area contributed by atoms with E-state index in [1.54, 1.807) is 0 Å². The molecule has 0 atom stereocenters. The number of benzene rings is 10. The zero-order chi connectivity index (χ0) is 44.5. The molecule has 0 spiro atoms. The second-order valence-electron chi connectivity index (χ2n) is 16.9. The fraction of sp³-hybridized carbons (Fsp3) is 0. The van der Waals surface area contributed by atoms with Crippen molar-refractivity contribution in [2.75, 3.05) is 0 Å². The van der Waals surface area contributed by atoms with E-state index in [4.69, 9.17) is 15.0 Å². The molecule has 12 rings (SSSR count). The first-order valence-corrected chi connectivity index (χ1v) is 22.7. The van der Waals surface area contributed by atoms with Gasteiger partial charge in [0.1, 0.15) is 0 Å². The van der Waals surface area contributed by atoms with E-state index in [1.165, 1.54) is 44.1 Å². The van der Waals surface area contributed by atoms with Crippen molar-refractivity contribution < 1.29 is 0 Å². The van der Waals surface area contributed by atoms with Crippen molar-refractivity contribution in [1.82, 2.24) is 19.5 Å². The van der Waals surface area contributed by atoms with Crippen molar-refractivity contribution in [2.45, 2.75) is 0 Å². The van der Waals surface area contributed by atoms with E-state index in [1.807, 2.05) is 60.7 Å². The Hall–Kier alpha value is -8.99. The molecule has 0 saturated carbocycles. The van der Waals surface area contributed by atoms with Crippen LogP contribution in [0.5, 0.6) is 0 Å². The summed E-state index contributed by atoms with van der Waals surface area (Å²) in [6.07, 6.45) is 0. The van der Waals surface area contributed by atoms with E-state index >= 15 is 0 Å². The smallest absolute Gasteiger partial charge is 0.164 e. The van der Waals surface area contributed by atoms with Crippen molar-refractivity contribution in [3.05, 3.63) is 255 Å². The molecule has 4 nitrogen and oxygen atoms in total. The molecule has 4 heteroatoms. The van der Waals surface area contributed by atoms with Crippen LogP contribution in [0.1, 0.15) is 0 Å². The van der Waals surface area contributed by atoms with Crippen LogP contribution in [0.25, 0.3) is 117 Å². The molecule has 0 N–H and O–H groups in total. The largest absolute Gasteiger partial charge is 0.309 e. The lowest BCUT2D eigenvalue weighted by atomic mass is 9.89. The maximum Gasteiger partial charge on any atom is 0.164 e. The molecule has 0 fully saturated rings. The topological polar surface area (TPSA) is 43.6 Å². The minimum absolute atomic E-state index is 0.628. The molecule has 0 saturated heterocycles. The van der Waals surface area contributed by atoms with Crippen LogP contribution in [-0.4, -0.2) is 19.5 Å². The van der Waals surface area contributed by atoms with E-state index in [-0.39, 0.29) is 0 Å². The highest BCUT2D eigenvalue weighted by atomic mass is 15.0. The highest BCUT2D eigenvalue weighted by Gasteiger charge is 2.16. The van der Waals surface area contributed by atoms with Crippen LogP contribution in [0.4, 0.5) is 0 Å². The predicted octanol–water partition coefficient (Wildman–Crippen LogP) is 16.3. The van der Waals surface area contributed by atoms with Crippen molar-refractivity contribution in [1.29, 1.82) is 0 Å². The summed E-state index contributed by atoms with van der Waals surface area (Å²) >= 11 is 0. The minimum atomic E-state index is 0.628. The average Bonchev–Trinajstić information content (AvgIpc) is 3.76. The molecule has 2 aromatic heterocycles. The van der Waals surface area contributed by atoms with Gasteiger partial charge in [-0.25, -0.2) is 15.0 Å². The van der Waals surface area contributed by atoms with Crippen molar-refractivity contribution >= 4 is 21.8 Å². The van der Waals surface area contributed by atoms with Gasteiger partial charge >= 0.3 is 0 Å². The second kappa shape index (κ2) is 17.2. The number of nitrogens with zero attached hydrogens (tertiary/aromatic N) is 4. The lowest BCUT2D eigenvalue weighted by Gasteiger charge is -2.15. The van der Waals surface area contributed by atoms with Gasteiger partial charge in [0.15, 0.2) is 17.5 Å². The fourth-order valence-corrected chi connectivity index (χ4v) is 9.27. The normalized spacial score (nSPS) is 11.3. The number of hydrogen-bond acceptors (Lipinski definition) is 3. The molecule has 0 amide bonds. The quantitative estimate of drug-likeness (QED) is 0.145. The van der Waals surface area contributed by atoms with Gasteiger partial charge in [-0.1, -0.05) is 194 Å². The molecule has 2 heterocycles. The van der Waals surface area contributed by atoms with E-state index < -0.39 is 0 Å². The lowest BCUT2D eigenvalue weighted by Crippen LogP contribution is -2.00. The maximum atomic E-state index is 5.01. The van der Waals surface area contributed by atoms with E-state index in [2.05, 4.69) is 199 Å². The Balaban J connectivity index is 0.992. The van der Waals surface area contributed by atoms with Gasteiger partial charge in [-0.2, -0.15) is 0 Å². The third kappa shape index (κ3) is 7.77. The lowest BCUT2D eigenvalue weighted by molar-refractivity contribution is 1.07. The zero-order valence-electron chi connectivity index (χ0n) is 36.5. The summed E-state index contributed by atoms with van der Waals surface area (Å²) < 4.78 is 2.37. The number of fused-ring (bicyclic) bond motifs is 3. The summed E-state index contributed by atoms with van der Waals surface area (Å²) in [7, 11) is 0. The van der Waals surface area contributed by atoms with Crippen LogP contribution in [0.3, 0.4) is 0 Å². The molecule has 0 aliphatic carbocycles. The maximum absolute atomic E-state index is 5.01. The molecule has 10 aromatic carbocycles. The van der Waals surface area contributed by atoms with Crippen LogP contribution in [0.15, 0.2) is 255 Å². The first kappa shape index (κ1) is 39.6. The van der Waals surface area contributed by atoms with Crippen LogP contribution in [0, 0.1) is 0 Å². The molecule has 0 aliphatic rings. The van der Waals surface area contributed by atoms with Gasteiger partial charge < -0.3 is 4.57 Å². The van der Waals surface area contributed by atoms with E-state index in [0.717, 1.165) is 55.8 Å². The van der Waals surface area contributed by atoms with Crippen molar-refractivity contribution in [3.8, 4) is 95.5 Å². The predicted molar refractivity (Wildman–Crippen MR) is 278 cm³/mol. The number of rotatable bonds is 9. The molecule has 0 aliphatic heterocycles. The Bertz CT molecular complexity index is 3530. The first-order valence-electron chi connectivity index (χ1n) is 22.7. The Labute approximate surface area is 389 Å².